The van der Waals surface area contributed by atoms with Gasteiger partial charge in [0.05, 0.1) is 12.1 Å². The highest BCUT2D eigenvalue weighted by Crippen LogP contribution is 2.41. The number of amides is 1. The van der Waals surface area contributed by atoms with E-state index in [0.29, 0.717) is 0 Å². The molecule has 1 amide bonds. The van der Waals surface area contributed by atoms with Gasteiger partial charge in [-0.1, -0.05) is 32.6 Å². The van der Waals surface area contributed by atoms with Crippen LogP contribution in [0.3, 0.4) is 0 Å². The summed E-state index contributed by atoms with van der Waals surface area (Å²) in [4.78, 5) is 12.4. The van der Waals surface area contributed by atoms with E-state index in [1.165, 1.54) is 12.8 Å². The summed E-state index contributed by atoms with van der Waals surface area (Å²) in [5.74, 6) is 0.198. The largest absolute Gasteiger partial charge is 0.391 e. The molecule has 2 aliphatic carbocycles. The van der Waals surface area contributed by atoms with E-state index in [0.717, 1.165) is 44.9 Å². The number of carbonyl (C=O) groups is 1. The van der Waals surface area contributed by atoms with Gasteiger partial charge in [0.15, 0.2) is 0 Å². The van der Waals surface area contributed by atoms with Gasteiger partial charge < -0.3 is 10.4 Å². The maximum atomic E-state index is 12.4. The van der Waals surface area contributed by atoms with E-state index in [1.807, 2.05) is 0 Å². The van der Waals surface area contributed by atoms with E-state index >= 15 is 0 Å². The fraction of sp³-hybridized carbons (Fsp3) is 0.929. The molecule has 0 unspecified atom stereocenters. The van der Waals surface area contributed by atoms with Gasteiger partial charge in [-0.2, -0.15) is 0 Å². The van der Waals surface area contributed by atoms with Crippen LogP contribution in [0.25, 0.3) is 0 Å². The molecular formula is C14H25NO2. The summed E-state index contributed by atoms with van der Waals surface area (Å²) in [5.41, 5.74) is -0.128. The van der Waals surface area contributed by atoms with Crippen LogP contribution in [0.2, 0.25) is 0 Å². The zero-order valence-corrected chi connectivity index (χ0v) is 10.9. The number of nitrogens with one attached hydrogen (secondary N) is 1. The molecule has 3 nitrogen and oxygen atoms in total. The predicted octanol–water partition coefficient (Wildman–Crippen LogP) is 2.38. The fourth-order valence-corrected chi connectivity index (χ4v) is 3.39. The highest BCUT2D eigenvalue weighted by Gasteiger charge is 2.40. The van der Waals surface area contributed by atoms with Crippen LogP contribution in [0.4, 0.5) is 0 Å². The molecule has 2 fully saturated rings. The third-order valence-electron chi connectivity index (χ3n) is 4.77. The Bertz CT molecular complexity index is 271. The molecule has 0 aliphatic heterocycles. The first-order valence-corrected chi connectivity index (χ1v) is 7.17. The van der Waals surface area contributed by atoms with Crippen LogP contribution in [0.5, 0.6) is 0 Å². The van der Waals surface area contributed by atoms with E-state index < -0.39 is 0 Å². The Morgan fingerprint density at radius 1 is 1.24 bits per heavy atom. The lowest BCUT2D eigenvalue weighted by Gasteiger charge is -2.33. The van der Waals surface area contributed by atoms with Gasteiger partial charge in [-0.3, -0.25) is 4.79 Å². The Hall–Kier alpha value is -0.570. The first-order valence-electron chi connectivity index (χ1n) is 7.17. The van der Waals surface area contributed by atoms with E-state index in [9.17, 15) is 9.90 Å². The second kappa shape index (κ2) is 5.38. The summed E-state index contributed by atoms with van der Waals surface area (Å²) in [5, 5.41) is 13.0. The van der Waals surface area contributed by atoms with Crippen molar-refractivity contribution in [2.75, 3.05) is 0 Å². The smallest absolute Gasteiger partial charge is 0.226 e. The fourth-order valence-electron chi connectivity index (χ4n) is 3.39. The quantitative estimate of drug-likeness (QED) is 0.794. The van der Waals surface area contributed by atoms with Crippen molar-refractivity contribution in [2.45, 2.75) is 76.9 Å². The Morgan fingerprint density at radius 3 is 2.47 bits per heavy atom. The Kier molecular flexibility index (Phi) is 4.08. The second-order valence-electron chi connectivity index (χ2n) is 5.77. The molecule has 98 valence electrons. The van der Waals surface area contributed by atoms with Gasteiger partial charge in [-0.25, -0.2) is 0 Å². The number of aliphatic hydroxyl groups excluding tert-OH is 1. The molecule has 0 spiro atoms. The Labute approximate surface area is 104 Å². The summed E-state index contributed by atoms with van der Waals surface area (Å²) in [6.07, 6.45) is 8.99. The summed E-state index contributed by atoms with van der Waals surface area (Å²) in [7, 11) is 0. The molecule has 0 aromatic carbocycles. The molecule has 2 aliphatic rings. The van der Waals surface area contributed by atoms with Crippen LogP contribution < -0.4 is 5.32 Å². The monoisotopic (exact) mass is 239 g/mol. The molecule has 2 saturated carbocycles. The standard InChI is InChI=1S/C14H25NO2/c1-2-14(9-5-6-10-14)13(17)15-11-7-3-4-8-12(11)16/h11-12,16H,2-10H2,1H3,(H,15,17)/t11-,12-/m1/s1. The number of carbonyl (C=O) groups excluding carboxylic acids is 1. The maximum Gasteiger partial charge on any atom is 0.226 e. The summed E-state index contributed by atoms with van der Waals surface area (Å²) in [6, 6.07) is 0.000255. The van der Waals surface area contributed by atoms with Crippen molar-refractivity contribution in [1.29, 1.82) is 0 Å². The van der Waals surface area contributed by atoms with Gasteiger partial charge >= 0.3 is 0 Å². The predicted molar refractivity (Wildman–Crippen MR) is 67.6 cm³/mol. The van der Waals surface area contributed by atoms with Crippen LogP contribution in [-0.2, 0) is 4.79 Å². The molecular weight excluding hydrogens is 214 g/mol. The number of hydrogen-bond donors (Lipinski definition) is 2. The van der Waals surface area contributed by atoms with Crippen molar-refractivity contribution >= 4 is 5.91 Å². The number of rotatable bonds is 3. The molecule has 2 atom stereocenters. The van der Waals surface area contributed by atoms with Gasteiger partial charge in [-0.05, 0) is 32.1 Å². The van der Waals surface area contributed by atoms with Crippen molar-refractivity contribution in [3.05, 3.63) is 0 Å². The van der Waals surface area contributed by atoms with Crippen molar-refractivity contribution in [3.8, 4) is 0 Å². The lowest BCUT2D eigenvalue weighted by Crippen LogP contribution is -2.50. The third kappa shape index (κ3) is 2.65. The lowest BCUT2D eigenvalue weighted by molar-refractivity contribution is -0.133. The molecule has 0 radical (unpaired) electrons. The Balaban J connectivity index is 1.95. The molecule has 0 aromatic rings. The normalized spacial score (nSPS) is 32.4. The average molecular weight is 239 g/mol. The minimum atomic E-state index is -0.331. The van der Waals surface area contributed by atoms with Gasteiger partial charge in [0, 0.05) is 5.41 Å². The topological polar surface area (TPSA) is 49.3 Å². The summed E-state index contributed by atoms with van der Waals surface area (Å²) < 4.78 is 0. The number of hydrogen-bond acceptors (Lipinski definition) is 2. The third-order valence-corrected chi connectivity index (χ3v) is 4.77. The molecule has 0 aromatic heterocycles. The zero-order chi connectivity index (χ0) is 12.3. The van der Waals surface area contributed by atoms with Crippen LogP contribution >= 0.6 is 0 Å². The van der Waals surface area contributed by atoms with Crippen LogP contribution in [-0.4, -0.2) is 23.2 Å². The van der Waals surface area contributed by atoms with E-state index in [1.54, 1.807) is 0 Å². The number of aliphatic hydroxyl groups is 1. The highest BCUT2D eigenvalue weighted by atomic mass is 16.3. The maximum absolute atomic E-state index is 12.4. The van der Waals surface area contributed by atoms with Crippen molar-refractivity contribution < 1.29 is 9.90 Å². The van der Waals surface area contributed by atoms with Gasteiger partial charge in [0.2, 0.25) is 5.91 Å². The van der Waals surface area contributed by atoms with E-state index in [4.69, 9.17) is 0 Å². The zero-order valence-electron chi connectivity index (χ0n) is 10.9. The Morgan fingerprint density at radius 2 is 1.88 bits per heavy atom. The summed E-state index contributed by atoms with van der Waals surface area (Å²) in [6.45, 7) is 2.11. The molecule has 17 heavy (non-hydrogen) atoms. The van der Waals surface area contributed by atoms with Crippen LogP contribution in [0, 0.1) is 5.41 Å². The van der Waals surface area contributed by atoms with Crippen LogP contribution in [0.1, 0.15) is 64.7 Å². The molecule has 0 bridgehead atoms. The van der Waals surface area contributed by atoms with Crippen molar-refractivity contribution in [2.24, 2.45) is 5.41 Å². The minimum Gasteiger partial charge on any atom is -0.391 e. The average Bonchev–Trinajstić information content (AvgIpc) is 2.82. The first-order chi connectivity index (χ1) is 8.18. The SMILES string of the molecule is CCC1(C(=O)N[C@@H]2CCCC[C@H]2O)CCCC1. The molecule has 2 rings (SSSR count). The van der Waals surface area contributed by atoms with Crippen molar-refractivity contribution in [1.82, 2.24) is 5.32 Å². The molecule has 0 heterocycles. The molecule has 0 saturated heterocycles. The second-order valence-corrected chi connectivity index (χ2v) is 5.77. The lowest BCUT2D eigenvalue weighted by atomic mass is 9.81. The van der Waals surface area contributed by atoms with Crippen LogP contribution in [0.15, 0.2) is 0 Å². The van der Waals surface area contributed by atoms with E-state index in [-0.39, 0.29) is 23.5 Å². The van der Waals surface area contributed by atoms with E-state index in [2.05, 4.69) is 12.2 Å². The minimum absolute atomic E-state index is 0.000255. The highest BCUT2D eigenvalue weighted by molar-refractivity contribution is 5.83. The van der Waals surface area contributed by atoms with Crippen molar-refractivity contribution in [3.63, 3.8) is 0 Å². The molecule has 3 heteroatoms. The molecule has 2 N–H and O–H groups in total. The van der Waals surface area contributed by atoms with Gasteiger partial charge in [0.1, 0.15) is 0 Å². The van der Waals surface area contributed by atoms with Gasteiger partial charge in [0.25, 0.3) is 0 Å². The summed E-state index contributed by atoms with van der Waals surface area (Å²) >= 11 is 0. The first kappa shape index (κ1) is 12.9. The van der Waals surface area contributed by atoms with Gasteiger partial charge in [-0.15, -0.1) is 0 Å².